The number of aryl methyl sites for hydroxylation is 2. The molecule has 1 N–H and O–H groups in total. The van der Waals surface area contributed by atoms with Gasteiger partial charge in [-0.25, -0.2) is 0 Å². The third kappa shape index (κ3) is 5.36. The van der Waals surface area contributed by atoms with Gasteiger partial charge in [0.25, 0.3) is 0 Å². The van der Waals surface area contributed by atoms with E-state index in [0.29, 0.717) is 5.41 Å². The number of hydrogen-bond acceptors (Lipinski definition) is 3. The Morgan fingerprint density at radius 2 is 1.58 bits per heavy atom. The first-order chi connectivity index (χ1) is 16.7. The van der Waals surface area contributed by atoms with Crippen molar-refractivity contribution in [3.63, 3.8) is 0 Å². The van der Waals surface area contributed by atoms with Gasteiger partial charge < -0.3 is 10.1 Å². The second kappa shape index (κ2) is 10.6. The van der Waals surface area contributed by atoms with Crippen LogP contribution >= 0.6 is 0 Å². The Labute approximate surface area is 228 Å². The number of pyridine rings is 1. The van der Waals surface area contributed by atoms with Gasteiger partial charge in [-0.1, -0.05) is 38.1 Å². The summed E-state index contributed by atoms with van der Waals surface area (Å²) < 4.78 is 0. The molecule has 7 rings (SSSR count). The molecule has 4 aliphatic rings. The van der Waals surface area contributed by atoms with Gasteiger partial charge in [0.15, 0.2) is 5.78 Å². The number of allylic oxidation sites excluding steroid dienone is 2. The maximum Gasteiger partial charge on any atom is 0.155 e. The number of ketones is 1. The average molecular weight is 659 g/mol. The Morgan fingerprint density at radius 3 is 2.08 bits per heavy atom. The van der Waals surface area contributed by atoms with Crippen molar-refractivity contribution in [3.8, 4) is 11.3 Å². The fourth-order valence-corrected chi connectivity index (χ4v) is 7.59. The van der Waals surface area contributed by atoms with Crippen LogP contribution in [0.3, 0.4) is 0 Å². The Kier molecular flexibility index (Phi) is 7.88. The summed E-state index contributed by atoms with van der Waals surface area (Å²) in [6.45, 7) is 7.14. The van der Waals surface area contributed by atoms with Crippen LogP contribution in [-0.2, 0) is 30.3 Å². The molecule has 1 radical (unpaired) electrons. The number of aliphatic hydroxyl groups excluding tert-OH is 1. The smallest absolute Gasteiger partial charge is 0.155 e. The van der Waals surface area contributed by atoms with E-state index < -0.39 is 0 Å². The maximum atomic E-state index is 10.0. The van der Waals surface area contributed by atoms with Crippen molar-refractivity contribution in [1.29, 1.82) is 0 Å². The van der Waals surface area contributed by atoms with Crippen molar-refractivity contribution in [1.82, 2.24) is 4.98 Å². The molecule has 2 aromatic carbocycles. The Balaban J connectivity index is 0.000000338. The maximum absolute atomic E-state index is 10.0. The van der Waals surface area contributed by atoms with Crippen LogP contribution in [0.4, 0.5) is 0 Å². The van der Waals surface area contributed by atoms with Crippen LogP contribution in [0, 0.1) is 37.7 Å². The van der Waals surface area contributed by atoms with E-state index in [-0.39, 0.29) is 31.6 Å². The summed E-state index contributed by atoms with van der Waals surface area (Å²) in [5.41, 5.74) is 6.61. The third-order valence-corrected chi connectivity index (χ3v) is 8.22. The number of aromatic nitrogens is 1. The molecule has 4 heteroatoms. The standard InChI is InChI=1S/C27H28N.C5H8O2.Ir/c1-17-7-18(2)9-22(8-17)26-24-6-4-3-5-23(24)25(16-28-26)27-13-19-10-20(14-27)12-21(11-19)15-27;1-4(6)3-5(2)7;/h3-8,16,19-21H,10-15H2,1-2H3;3,6H,1-2H3;/q-1;;/b;4-3-;. The summed E-state index contributed by atoms with van der Waals surface area (Å²) in [5.74, 6) is 2.81. The molecule has 4 aliphatic carbocycles. The summed E-state index contributed by atoms with van der Waals surface area (Å²) in [6, 6.07) is 17.0. The number of nitrogens with zero attached hydrogens (tertiary/aromatic N) is 1. The molecule has 0 spiro atoms. The number of aliphatic hydroxyl groups is 1. The van der Waals surface area contributed by atoms with E-state index in [2.05, 4.69) is 62.5 Å². The number of rotatable bonds is 3. The molecule has 4 bridgehead atoms. The van der Waals surface area contributed by atoms with E-state index in [9.17, 15) is 4.79 Å². The quantitative estimate of drug-likeness (QED) is 0.177. The molecule has 1 heterocycles. The van der Waals surface area contributed by atoms with Gasteiger partial charge in [0.2, 0.25) is 0 Å². The van der Waals surface area contributed by atoms with Gasteiger partial charge in [-0.05, 0) is 97.6 Å². The SMILES string of the molecule is CC(=O)/C=C(/C)O.Cc1[c-]c(-c2ncc(C34CC5CC(CC(C5)C3)C4)c3ccccc23)cc(C)c1.[Ir]. The molecule has 3 nitrogen and oxygen atoms in total. The molecular formula is C32H36IrNO2-. The van der Waals surface area contributed by atoms with Crippen LogP contribution in [0.1, 0.15) is 69.1 Å². The number of fused-ring (bicyclic) bond motifs is 1. The molecule has 0 unspecified atom stereocenters. The van der Waals surface area contributed by atoms with Gasteiger partial charge in [-0.15, -0.1) is 34.9 Å². The van der Waals surface area contributed by atoms with E-state index in [1.54, 1.807) is 0 Å². The van der Waals surface area contributed by atoms with E-state index in [1.807, 2.05) is 0 Å². The minimum Gasteiger partial charge on any atom is -0.512 e. The zero-order chi connectivity index (χ0) is 24.7. The fourth-order valence-electron chi connectivity index (χ4n) is 7.59. The molecule has 36 heavy (non-hydrogen) atoms. The third-order valence-electron chi connectivity index (χ3n) is 8.22. The molecule has 4 saturated carbocycles. The predicted octanol–water partition coefficient (Wildman–Crippen LogP) is 7.82. The summed E-state index contributed by atoms with van der Waals surface area (Å²) in [4.78, 5) is 15.1. The summed E-state index contributed by atoms with van der Waals surface area (Å²) >= 11 is 0. The van der Waals surface area contributed by atoms with Gasteiger partial charge in [0, 0.05) is 32.4 Å². The van der Waals surface area contributed by atoms with Gasteiger partial charge in [0.1, 0.15) is 0 Å². The molecule has 191 valence electrons. The minimum absolute atomic E-state index is 0. The zero-order valence-electron chi connectivity index (χ0n) is 21.7. The van der Waals surface area contributed by atoms with Crippen molar-refractivity contribution < 1.29 is 30.0 Å². The summed E-state index contributed by atoms with van der Waals surface area (Å²) in [7, 11) is 0. The Morgan fingerprint density at radius 1 is 1.00 bits per heavy atom. The largest absolute Gasteiger partial charge is 0.512 e. The van der Waals surface area contributed by atoms with Gasteiger partial charge in [0.05, 0.1) is 5.76 Å². The van der Waals surface area contributed by atoms with Crippen LogP contribution < -0.4 is 0 Å². The van der Waals surface area contributed by atoms with Crippen LogP contribution in [-0.4, -0.2) is 15.9 Å². The Hall–Kier alpha value is -2.29. The van der Waals surface area contributed by atoms with Gasteiger partial charge in [-0.3, -0.25) is 4.79 Å². The number of hydrogen-bond donors (Lipinski definition) is 1. The molecule has 0 saturated heterocycles. The Bertz CT molecular complexity index is 1250. The molecule has 0 atom stereocenters. The second-order valence-corrected chi connectivity index (χ2v) is 11.4. The number of carbonyl (C=O) groups is 1. The van der Waals surface area contributed by atoms with Crippen molar-refractivity contribution >= 4 is 16.6 Å². The average Bonchev–Trinajstić information content (AvgIpc) is 2.76. The molecule has 0 amide bonds. The van der Waals surface area contributed by atoms with Crippen molar-refractivity contribution in [2.24, 2.45) is 17.8 Å². The van der Waals surface area contributed by atoms with Crippen molar-refractivity contribution in [2.45, 2.75) is 71.6 Å². The molecule has 0 aliphatic heterocycles. The van der Waals surface area contributed by atoms with Gasteiger partial charge >= 0.3 is 0 Å². The van der Waals surface area contributed by atoms with Crippen LogP contribution in [0.25, 0.3) is 22.0 Å². The zero-order valence-corrected chi connectivity index (χ0v) is 24.1. The van der Waals surface area contributed by atoms with E-state index in [4.69, 9.17) is 10.1 Å². The predicted molar refractivity (Wildman–Crippen MR) is 142 cm³/mol. The van der Waals surface area contributed by atoms with Crippen LogP contribution in [0.5, 0.6) is 0 Å². The molecule has 4 fully saturated rings. The number of benzene rings is 2. The number of carbonyl (C=O) groups excluding carboxylic acids is 1. The first-order valence-electron chi connectivity index (χ1n) is 13.0. The molecular weight excluding hydrogens is 623 g/mol. The van der Waals surface area contributed by atoms with Gasteiger partial charge in [-0.2, -0.15) is 0 Å². The summed E-state index contributed by atoms with van der Waals surface area (Å²) in [5, 5.41) is 11.1. The topological polar surface area (TPSA) is 50.2 Å². The van der Waals surface area contributed by atoms with Crippen molar-refractivity contribution in [3.05, 3.63) is 77.2 Å². The minimum atomic E-state index is -0.125. The molecule has 1 aromatic heterocycles. The van der Waals surface area contributed by atoms with E-state index >= 15 is 0 Å². The van der Waals surface area contributed by atoms with Crippen LogP contribution in [0.2, 0.25) is 0 Å². The van der Waals surface area contributed by atoms with E-state index in [0.717, 1.165) is 29.0 Å². The van der Waals surface area contributed by atoms with Crippen molar-refractivity contribution in [2.75, 3.05) is 0 Å². The first-order valence-corrected chi connectivity index (χ1v) is 13.0. The monoisotopic (exact) mass is 659 g/mol. The van der Waals surface area contributed by atoms with Crippen LogP contribution in [0.15, 0.2) is 54.4 Å². The fraction of sp³-hybridized carbons (Fsp3) is 0.438. The second-order valence-electron chi connectivity index (χ2n) is 11.4. The first kappa shape index (κ1) is 26.8. The van der Waals surface area contributed by atoms with E-state index in [1.165, 1.54) is 85.9 Å². The summed E-state index contributed by atoms with van der Waals surface area (Å²) in [6.07, 6.45) is 12.0. The molecule has 3 aromatic rings. The normalized spacial score (nSPS) is 26.2.